The van der Waals surface area contributed by atoms with Crippen molar-refractivity contribution in [1.82, 2.24) is 0 Å². The van der Waals surface area contributed by atoms with Crippen molar-refractivity contribution in [2.24, 2.45) is 5.73 Å². The number of aryl methyl sites for hydroxylation is 1. The molecule has 0 radical (unpaired) electrons. The van der Waals surface area contributed by atoms with Crippen molar-refractivity contribution in [3.63, 3.8) is 0 Å². The highest BCUT2D eigenvalue weighted by atomic mass is 32.1. The Kier molecular flexibility index (Phi) is 3.06. The Hall–Kier alpha value is -0.600. The molecule has 1 heterocycles. The summed E-state index contributed by atoms with van der Waals surface area (Å²) in [6.07, 6.45) is 2.15. The molecule has 0 aliphatic rings. The lowest BCUT2D eigenvalue weighted by atomic mass is 10.1. The molecule has 12 heavy (non-hydrogen) atoms. The molecule has 0 saturated carbocycles. The first-order valence-corrected chi connectivity index (χ1v) is 4.96. The number of thiophene rings is 1. The zero-order valence-corrected chi connectivity index (χ0v) is 8.61. The van der Waals surface area contributed by atoms with Gasteiger partial charge in [-0.25, -0.2) is 0 Å². The SMILES string of the molecule is C/C(=C\c1csc(C)c1)C(C)N. The number of nitrogens with two attached hydrogens (primary N) is 1. The Bertz CT molecular complexity index is 284. The fourth-order valence-electron chi connectivity index (χ4n) is 0.934. The maximum Gasteiger partial charge on any atom is 0.0225 e. The van der Waals surface area contributed by atoms with Crippen LogP contribution < -0.4 is 5.73 Å². The second-order valence-corrected chi connectivity index (χ2v) is 4.28. The average molecular weight is 181 g/mol. The van der Waals surface area contributed by atoms with Gasteiger partial charge < -0.3 is 5.73 Å². The second-order valence-electron chi connectivity index (χ2n) is 3.17. The fourth-order valence-corrected chi connectivity index (χ4v) is 1.60. The molecular formula is C10H15NS. The van der Waals surface area contributed by atoms with Gasteiger partial charge in [0.05, 0.1) is 0 Å². The summed E-state index contributed by atoms with van der Waals surface area (Å²) < 4.78 is 0. The van der Waals surface area contributed by atoms with E-state index in [2.05, 4.69) is 31.4 Å². The summed E-state index contributed by atoms with van der Waals surface area (Å²) in [5, 5.41) is 2.15. The summed E-state index contributed by atoms with van der Waals surface area (Å²) in [5.41, 5.74) is 8.23. The minimum absolute atomic E-state index is 0.158. The highest BCUT2D eigenvalue weighted by molar-refractivity contribution is 7.10. The van der Waals surface area contributed by atoms with Crippen LogP contribution >= 0.6 is 11.3 Å². The van der Waals surface area contributed by atoms with Crippen LogP contribution in [0.15, 0.2) is 17.0 Å². The molecule has 66 valence electrons. The topological polar surface area (TPSA) is 26.0 Å². The first-order valence-electron chi connectivity index (χ1n) is 4.08. The first kappa shape index (κ1) is 9.49. The van der Waals surface area contributed by atoms with Crippen molar-refractivity contribution in [3.05, 3.63) is 27.5 Å². The Balaban J connectivity index is 2.80. The van der Waals surface area contributed by atoms with Crippen LogP contribution in [-0.4, -0.2) is 6.04 Å². The quantitative estimate of drug-likeness (QED) is 0.746. The van der Waals surface area contributed by atoms with Gasteiger partial charge in [0.15, 0.2) is 0 Å². The summed E-state index contributed by atoms with van der Waals surface area (Å²) in [5.74, 6) is 0. The Morgan fingerprint density at radius 1 is 1.67 bits per heavy atom. The third-order valence-corrected chi connectivity index (χ3v) is 2.74. The molecule has 0 aliphatic heterocycles. The summed E-state index contributed by atoms with van der Waals surface area (Å²) in [4.78, 5) is 1.35. The van der Waals surface area contributed by atoms with Gasteiger partial charge in [-0.3, -0.25) is 0 Å². The van der Waals surface area contributed by atoms with Gasteiger partial charge in [-0.2, -0.15) is 0 Å². The van der Waals surface area contributed by atoms with Gasteiger partial charge in [-0.15, -0.1) is 11.3 Å². The Morgan fingerprint density at radius 3 is 2.75 bits per heavy atom. The van der Waals surface area contributed by atoms with Gasteiger partial charge >= 0.3 is 0 Å². The van der Waals surface area contributed by atoms with Crippen LogP contribution in [0.1, 0.15) is 24.3 Å². The third kappa shape index (κ3) is 2.47. The van der Waals surface area contributed by atoms with E-state index in [-0.39, 0.29) is 6.04 Å². The summed E-state index contributed by atoms with van der Waals surface area (Å²) in [7, 11) is 0. The standard InChI is InChI=1S/C10H15NS/c1-7(9(3)11)4-10-5-8(2)12-6-10/h4-6,9H,11H2,1-3H3/b7-4+. The van der Waals surface area contributed by atoms with Crippen LogP contribution in [0.4, 0.5) is 0 Å². The molecule has 0 aliphatic carbocycles. The lowest BCUT2D eigenvalue weighted by Crippen LogP contribution is -2.15. The van der Waals surface area contributed by atoms with Gasteiger partial charge in [0.25, 0.3) is 0 Å². The van der Waals surface area contributed by atoms with Crippen LogP contribution in [0.25, 0.3) is 6.08 Å². The Morgan fingerprint density at radius 2 is 2.33 bits per heavy atom. The monoisotopic (exact) mass is 181 g/mol. The molecule has 0 amide bonds. The maximum atomic E-state index is 5.73. The molecule has 0 fully saturated rings. The summed E-state index contributed by atoms with van der Waals surface area (Å²) in [6, 6.07) is 2.33. The minimum Gasteiger partial charge on any atom is -0.324 e. The van der Waals surface area contributed by atoms with Crippen molar-refractivity contribution >= 4 is 17.4 Å². The highest BCUT2D eigenvalue weighted by Crippen LogP contribution is 2.16. The highest BCUT2D eigenvalue weighted by Gasteiger charge is 1.97. The molecule has 2 N–H and O–H groups in total. The van der Waals surface area contributed by atoms with Crippen LogP contribution in [0.5, 0.6) is 0 Å². The van der Waals surface area contributed by atoms with Crippen LogP contribution in [0, 0.1) is 6.92 Å². The van der Waals surface area contributed by atoms with Gasteiger partial charge in [0.2, 0.25) is 0 Å². The zero-order chi connectivity index (χ0) is 9.14. The molecule has 1 rings (SSSR count). The van der Waals surface area contributed by atoms with E-state index in [1.165, 1.54) is 16.0 Å². The molecule has 1 nitrogen and oxygen atoms in total. The maximum absolute atomic E-state index is 5.73. The molecule has 0 aromatic carbocycles. The molecule has 0 spiro atoms. The van der Waals surface area contributed by atoms with Gasteiger partial charge in [0, 0.05) is 10.9 Å². The van der Waals surface area contributed by atoms with E-state index in [4.69, 9.17) is 5.73 Å². The number of hydrogen-bond donors (Lipinski definition) is 1. The van der Waals surface area contributed by atoms with E-state index in [1.54, 1.807) is 11.3 Å². The molecule has 1 aromatic rings. The predicted octanol–water partition coefficient (Wildman–Crippen LogP) is 2.81. The molecule has 0 saturated heterocycles. The predicted molar refractivity (Wildman–Crippen MR) is 56.4 cm³/mol. The normalized spacial score (nSPS) is 14.8. The average Bonchev–Trinajstić information content (AvgIpc) is 2.35. The Labute approximate surface area is 77.9 Å². The zero-order valence-electron chi connectivity index (χ0n) is 7.79. The van der Waals surface area contributed by atoms with Gasteiger partial charge in [-0.05, 0) is 37.8 Å². The second kappa shape index (κ2) is 3.87. The van der Waals surface area contributed by atoms with Gasteiger partial charge in [-0.1, -0.05) is 11.6 Å². The fraction of sp³-hybridized carbons (Fsp3) is 0.400. The molecule has 1 aromatic heterocycles. The molecule has 1 atom stereocenters. The number of hydrogen-bond acceptors (Lipinski definition) is 2. The van der Waals surface area contributed by atoms with Crippen molar-refractivity contribution < 1.29 is 0 Å². The number of rotatable bonds is 2. The van der Waals surface area contributed by atoms with E-state index >= 15 is 0 Å². The van der Waals surface area contributed by atoms with Crippen molar-refractivity contribution in [2.45, 2.75) is 26.8 Å². The first-order chi connectivity index (χ1) is 5.59. The van der Waals surface area contributed by atoms with E-state index in [0.29, 0.717) is 0 Å². The smallest absolute Gasteiger partial charge is 0.0225 e. The summed E-state index contributed by atoms with van der Waals surface area (Å²) >= 11 is 1.77. The minimum atomic E-state index is 0.158. The van der Waals surface area contributed by atoms with Crippen molar-refractivity contribution in [2.75, 3.05) is 0 Å². The van der Waals surface area contributed by atoms with Crippen LogP contribution in [0.2, 0.25) is 0 Å². The molecule has 1 unspecified atom stereocenters. The van der Waals surface area contributed by atoms with Crippen molar-refractivity contribution in [3.8, 4) is 0 Å². The van der Waals surface area contributed by atoms with E-state index in [9.17, 15) is 0 Å². The van der Waals surface area contributed by atoms with E-state index in [0.717, 1.165) is 0 Å². The van der Waals surface area contributed by atoms with Gasteiger partial charge in [0.1, 0.15) is 0 Å². The largest absolute Gasteiger partial charge is 0.324 e. The molecular weight excluding hydrogens is 166 g/mol. The summed E-state index contributed by atoms with van der Waals surface area (Å²) in [6.45, 7) is 6.19. The molecule has 0 bridgehead atoms. The van der Waals surface area contributed by atoms with E-state index < -0.39 is 0 Å². The molecule has 2 heteroatoms. The van der Waals surface area contributed by atoms with Crippen LogP contribution in [0.3, 0.4) is 0 Å². The van der Waals surface area contributed by atoms with Crippen LogP contribution in [-0.2, 0) is 0 Å². The lowest BCUT2D eigenvalue weighted by Gasteiger charge is -2.03. The third-order valence-electron chi connectivity index (χ3n) is 1.86. The van der Waals surface area contributed by atoms with Crippen molar-refractivity contribution in [1.29, 1.82) is 0 Å². The lowest BCUT2D eigenvalue weighted by molar-refractivity contribution is 0.868. The van der Waals surface area contributed by atoms with E-state index in [1.807, 2.05) is 6.92 Å².